The molecule has 98 valence electrons. The quantitative estimate of drug-likeness (QED) is 0.907. The maximum atomic E-state index is 11.6. The van der Waals surface area contributed by atoms with E-state index < -0.39 is 11.9 Å². The molecule has 3 nitrogen and oxygen atoms in total. The van der Waals surface area contributed by atoms with Crippen molar-refractivity contribution in [2.75, 3.05) is 5.32 Å². The van der Waals surface area contributed by atoms with E-state index in [1.54, 1.807) is 0 Å². The Hall–Kier alpha value is -1.81. The summed E-state index contributed by atoms with van der Waals surface area (Å²) in [6.45, 7) is 2.00. The Balaban J connectivity index is 2.29. The van der Waals surface area contributed by atoms with Crippen molar-refractivity contribution in [2.45, 2.75) is 13.0 Å². The number of aryl methyl sites for hydroxylation is 1. The first-order valence-corrected chi connectivity index (χ1v) is 6.73. The van der Waals surface area contributed by atoms with Gasteiger partial charge in [0.15, 0.2) is 0 Å². The summed E-state index contributed by atoms with van der Waals surface area (Å²) in [7, 11) is 0. The molecule has 0 saturated carbocycles. The van der Waals surface area contributed by atoms with Crippen molar-refractivity contribution in [3.63, 3.8) is 0 Å². The second kappa shape index (κ2) is 5.89. The molecule has 0 fully saturated rings. The molecule has 0 aromatic heterocycles. The molecular weight excluding hydrogens is 304 g/mol. The molecule has 0 heterocycles. The zero-order chi connectivity index (χ0) is 13.8. The normalized spacial score (nSPS) is 11.9. The maximum Gasteiger partial charge on any atom is 0.244 e. The number of hydrogen-bond acceptors (Lipinski definition) is 2. The Morgan fingerprint density at radius 1 is 1.21 bits per heavy atom. The van der Waals surface area contributed by atoms with Gasteiger partial charge in [-0.1, -0.05) is 40.2 Å². The summed E-state index contributed by atoms with van der Waals surface area (Å²) in [5.74, 6) is -0.403. The first kappa shape index (κ1) is 13.6. The molecule has 19 heavy (non-hydrogen) atoms. The zero-order valence-corrected chi connectivity index (χ0v) is 12.1. The molecule has 0 spiro atoms. The Kier molecular flexibility index (Phi) is 4.22. The molecule has 3 N–H and O–H groups in total. The number of rotatable bonds is 4. The summed E-state index contributed by atoms with van der Waals surface area (Å²) in [5, 5.41) is 3.17. The fourth-order valence-electron chi connectivity index (χ4n) is 1.91. The van der Waals surface area contributed by atoms with Crippen LogP contribution in [0.1, 0.15) is 17.2 Å². The van der Waals surface area contributed by atoms with Crippen LogP contribution in [0.5, 0.6) is 0 Å². The predicted octanol–water partition coefficient (Wildman–Crippen LogP) is 3.40. The lowest BCUT2D eigenvalue weighted by Crippen LogP contribution is -2.27. The van der Waals surface area contributed by atoms with Crippen LogP contribution in [-0.4, -0.2) is 5.91 Å². The monoisotopic (exact) mass is 318 g/mol. The second-order valence-corrected chi connectivity index (χ2v) is 5.32. The topological polar surface area (TPSA) is 55.1 Å². The van der Waals surface area contributed by atoms with Crippen LogP contribution >= 0.6 is 15.9 Å². The molecule has 0 bridgehead atoms. The smallest absolute Gasteiger partial charge is 0.244 e. The van der Waals surface area contributed by atoms with Gasteiger partial charge < -0.3 is 11.1 Å². The van der Waals surface area contributed by atoms with Gasteiger partial charge in [0.1, 0.15) is 6.04 Å². The lowest BCUT2D eigenvalue weighted by molar-refractivity contribution is -0.118. The number of amides is 1. The average Bonchev–Trinajstić information content (AvgIpc) is 2.35. The number of primary amides is 1. The first-order chi connectivity index (χ1) is 9.06. The van der Waals surface area contributed by atoms with E-state index >= 15 is 0 Å². The van der Waals surface area contributed by atoms with Crippen LogP contribution < -0.4 is 11.1 Å². The SMILES string of the molecule is Cc1cccc(NC(C(N)=O)c2cccc(Br)c2)c1. The molecule has 2 aromatic rings. The van der Waals surface area contributed by atoms with Gasteiger partial charge in [0.2, 0.25) is 5.91 Å². The summed E-state index contributed by atoms with van der Waals surface area (Å²) < 4.78 is 0.919. The predicted molar refractivity (Wildman–Crippen MR) is 80.9 cm³/mol. The fraction of sp³-hybridized carbons (Fsp3) is 0.133. The molecule has 0 radical (unpaired) electrons. The van der Waals surface area contributed by atoms with Crippen molar-refractivity contribution in [1.82, 2.24) is 0 Å². The van der Waals surface area contributed by atoms with Gasteiger partial charge >= 0.3 is 0 Å². The van der Waals surface area contributed by atoms with E-state index in [1.807, 2.05) is 55.5 Å². The number of anilines is 1. The van der Waals surface area contributed by atoms with Crippen molar-refractivity contribution < 1.29 is 4.79 Å². The highest BCUT2D eigenvalue weighted by Crippen LogP contribution is 2.22. The van der Waals surface area contributed by atoms with Gasteiger partial charge in [-0.05, 0) is 42.3 Å². The first-order valence-electron chi connectivity index (χ1n) is 5.94. The fourth-order valence-corrected chi connectivity index (χ4v) is 2.32. The van der Waals surface area contributed by atoms with Crippen LogP contribution in [0.4, 0.5) is 5.69 Å². The highest BCUT2D eigenvalue weighted by molar-refractivity contribution is 9.10. The minimum Gasteiger partial charge on any atom is -0.370 e. The van der Waals surface area contributed by atoms with Gasteiger partial charge in [0, 0.05) is 10.2 Å². The molecule has 0 aliphatic heterocycles. The number of carbonyl (C=O) groups excluding carboxylic acids is 1. The third kappa shape index (κ3) is 3.58. The highest BCUT2D eigenvalue weighted by Gasteiger charge is 2.17. The molecule has 1 amide bonds. The standard InChI is InChI=1S/C15H15BrN2O/c1-10-4-2-7-13(8-10)18-14(15(17)19)11-5-3-6-12(16)9-11/h2-9,14,18H,1H3,(H2,17,19). The van der Waals surface area contributed by atoms with E-state index in [1.165, 1.54) is 0 Å². The third-order valence-corrected chi connectivity index (χ3v) is 3.29. The van der Waals surface area contributed by atoms with Crippen LogP contribution in [-0.2, 0) is 4.79 Å². The van der Waals surface area contributed by atoms with Crippen molar-refractivity contribution >= 4 is 27.5 Å². The van der Waals surface area contributed by atoms with Crippen molar-refractivity contribution in [3.8, 4) is 0 Å². The number of nitrogens with one attached hydrogen (secondary N) is 1. The number of carbonyl (C=O) groups is 1. The van der Waals surface area contributed by atoms with Crippen LogP contribution in [0, 0.1) is 6.92 Å². The Bertz CT molecular complexity index is 598. The number of halogens is 1. The Morgan fingerprint density at radius 3 is 2.58 bits per heavy atom. The van der Waals surface area contributed by atoms with E-state index in [0.29, 0.717) is 0 Å². The van der Waals surface area contributed by atoms with Gasteiger partial charge in [-0.25, -0.2) is 0 Å². The molecule has 1 unspecified atom stereocenters. The average molecular weight is 319 g/mol. The number of nitrogens with two attached hydrogens (primary N) is 1. The Morgan fingerprint density at radius 2 is 1.95 bits per heavy atom. The largest absolute Gasteiger partial charge is 0.370 e. The lowest BCUT2D eigenvalue weighted by Gasteiger charge is -2.17. The number of hydrogen-bond donors (Lipinski definition) is 2. The van der Waals surface area contributed by atoms with Gasteiger partial charge in [-0.2, -0.15) is 0 Å². The molecule has 1 atom stereocenters. The van der Waals surface area contributed by atoms with Gasteiger partial charge in [0.25, 0.3) is 0 Å². The molecule has 0 aliphatic rings. The van der Waals surface area contributed by atoms with Gasteiger partial charge in [-0.3, -0.25) is 4.79 Å². The highest BCUT2D eigenvalue weighted by atomic mass is 79.9. The van der Waals surface area contributed by atoms with Crippen molar-refractivity contribution in [3.05, 3.63) is 64.1 Å². The summed E-state index contributed by atoms with van der Waals surface area (Å²) in [5.41, 5.74) is 8.33. The Labute approximate surface area is 121 Å². The lowest BCUT2D eigenvalue weighted by atomic mass is 10.1. The zero-order valence-electron chi connectivity index (χ0n) is 10.6. The van der Waals surface area contributed by atoms with Crippen LogP contribution in [0.15, 0.2) is 53.0 Å². The van der Waals surface area contributed by atoms with Crippen molar-refractivity contribution in [1.29, 1.82) is 0 Å². The minimum atomic E-state index is -0.542. The number of benzene rings is 2. The summed E-state index contributed by atoms with van der Waals surface area (Å²) >= 11 is 3.40. The van der Waals surface area contributed by atoms with E-state index in [9.17, 15) is 4.79 Å². The van der Waals surface area contributed by atoms with Crippen LogP contribution in [0.2, 0.25) is 0 Å². The summed E-state index contributed by atoms with van der Waals surface area (Å²) in [6.07, 6.45) is 0. The molecular formula is C15H15BrN2O. The van der Waals surface area contributed by atoms with E-state index in [4.69, 9.17) is 5.73 Å². The molecule has 2 rings (SSSR count). The summed E-state index contributed by atoms with van der Waals surface area (Å²) in [4.78, 5) is 11.6. The molecule has 0 saturated heterocycles. The van der Waals surface area contributed by atoms with Crippen LogP contribution in [0.3, 0.4) is 0 Å². The maximum absolute atomic E-state index is 11.6. The van der Waals surface area contributed by atoms with E-state index in [0.717, 1.165) is 21.3 Å². The molecule has 4 heteroatoms. The molecule has 2 aromatic carbocycles. The van der Waals surface area contributed by atoms with E-state index in [-0.39, 0.29) is 0 Å². The second-order valence-electron chi connectivity index (χ2n) is 4.40. The summed E-state index contributed by atoms with van der Waals surface area (Å²) in [6, 6.07) is 14.9. The van der Waals surface area contributed by atoms with Gasteiger partial charge in [-0.15, -0.1) is 0 Å². The molecule has 0 aliphatic carbocycles. The van der Waals surface area contributed by atoms with Gasteiger partial charge in [0.05, 0.1) is 0 Å². The van der Waals surface area contributed by atoms with E-state index in [2.05, 4.69) is 21.2 Å². The van der Waals surface area contributed by atoms with Crippen molar-refractivity contribution in [2.24, 2.45) is 5.73 Å². The minimum absolute atomic E-state index is 0.403. The van der Waals surface area contributed by atoms with Crippen LogP contribution in [0.25, 0.3) is 0 Å². The third-order valence-electron chi connectivity index (χ3n) is 2.80.